The first kappa shape index (κ1) is 17.0. The van der Waals surface area contributed by atoms with Gasteiger partial charge in [0.05, 0.1) is 12.0 Å². The van der Waals surface area contributed by atoms with E-state index in [2.05, 4.69) is 0 Å². The van der Waals surface area contributed by atoms with Crippen molar-refractivity contribution in [3.8, 4) is 5.75 Å². The molecule has 4 nitrogen and oxygen atoms in total. The summed E-state index contributed by atoms with van der Waals surface area (Å²) >= 11 is 0. The number of allylic oxidation sites excluding steroid dienone is 1. The number of benzene rings is 2. The fourth-order valence-corrected chi connectivity index (χ4v) is 3.16. The fourth-order valence-electron chi connectivity index (χ4n) is 1.97. The number of methoxy groups -OCH3 is 1. The van der Waals surface area contributed by atoms with E-state index >= 15 is 0 Å². The molecule has 5 heteroatoms. The third-order valence-corrected chi connectivity index (χ3v) is 4.94. The van der Waals surface area contributed by atoms with E-state index in [1.165, 1.54) is 18.2 Å². The van der Waals surface area contributed by atoms with Crippen molar-refractivity contribution in [1.29, 1.82) is 0 Å². The van der Waals surface area contributed by atoms with Crippen LogP contribution in [0.2, 0.25) is 0 Å². The van der Waals surface area contributed by atoms with E-state index in [0.29, 0.717) is 0 Å². The minimum absolute atomic E-state index is 0.161. The SMILES string of the molecule is COc1ccc(/C=C/C(=O)CS(=O)(=O)c2ccc(C)cc2)cc1. The number of carbonyl (C=O) groups is 1. The molecule has 2 rings (SSSR count). The molecule has 0 radical (unpaired) electrons. The van der Waals surface area contributed by atoms with Gasteiger partial charge in [0.1, 0.15) is 11.5 Å². The zero-order chi connectivity index (χ0) is 16.9. The maximum absolute atomic E-state index is 12.2. The van der Waals surface area contributed by atoms with Crippen LogP contribution in [0.3, 0.4) is 0 Å². The molecule has 23 heavy (non-hydrogen) atoms. The number of aryl methyl sites for hydroxylation is 1. The number of hydrogen-bond donors (Lipinski definition) is 0. The van der Waals surface area contributed by atoms with Crippen molar-refractivity contribution in [3.63, 3.8) is 0 Å². The predicted molar refractivity (Wildman–Crippen MR) is 90.3 cm³/mol. The first-order valence-corrected chi connectivity index (χ1v) is 8.70. The Kier molecular flexibility index (Phi) is 5.34. The van der Waals surface area contributed by atoms with Gasteiger partial charge in [-0.05, 0) is 42.8 Å². The van der Waals surface area contributed by atoms with Crippen molar-refractivity contribution in [2.45, 2.75) is 11.8 Å². The average Bonchev–Trinajstić information content (AvgIpc) is 2.53. The van der Waals surface area contributed by atoms with Crippen LogP contribution in [0, 0.1) is 6.92 Å². The zero-order valence-corrected chi connectivity index (χ0v) is 13.8. The molecule has 0 amide bonds. The summed E-state index contributed by atoms with van der Waals surface area (Å²) in [6, 6.07) is 13.6. The van der Waals surface area contributed by atoms with Crippen molar-refractivity contribution >= 4 is 21.7 Å². The highest BCUT2D eigenvalue weighted by atomic mass is 32.2. The van der Waals surface area contributed by atoms with Crippen LogP contribution in [0.15, 0.2) is 59.5 Å². The summed E-state index contributed by atoms with van der Waals surface area (Å²) in [6.45, 7) is 1.87. The molecule has 0 heterocycles. The Labute approximate surface area is 136 Å². The van der Waals surface area contributed by atoms with Gasteiger partial charge in [0.2, 0.25) is 0 Å². The summed E-state index contributed by atoms with van der Waals surface area (Å²) in [6.07, 6.45) is 2.87. The third kappa shape index (κ3) is 4.79. The number of ketones is 1. The van der Waals surface area contributed by atoms with Crippen molar-refractivity contribution in [2.24, 2.45) is 0 Å². The van der Waals surface area contributed by atoms with Crippen LogP contribution >= 0.6 is 0 Å². The summed E-state index contributed by atoms with van der Waals surface area (Å²) in [5, 5.41) is 0. The molecule has 120 valence electrons. The summed E-state index contributed by atoms with van der Waals surface area (Å²) < 4.78 is 29.4. The van der Waals surface area contributed by atoms with Crippen LogP contribution in [-0.4, -0.2) is 27.1 Å². The molecule has 0 spiro atoms. The van der Waals surface area contributed by atoms with Crippen LogP contribution in [-0.2, 0) is 14.6 Å². The second kappa shape index (κ2) is 7.24. The summed E-state index contributed by atoms with van der Waals surface area (Å²) in [7, 11) is -2.04. The van der Waals surface area contributed by atoms with Gasteiger partial charge in [-0.3, -0.25) is 4.79 Å². The van der Waals surface area contributed by atoms with Crippen molar-refractivity contribution < 1.29 is 17.9 Å². The van der Waals surface area contributed by atoms with Gasteiger partial charge in [0.25, 0.3) is 0 Å². The molecule has 0 fully saturated rings. The van der Waals surface area contributed by atoms with E-state index in [-0.39, 0.29) is 4.90 Å². The molecule has 0 N–H and O–H groups in total. The minimum Gasteiger partial charge on any atom is -0.497 e. The lowest BCUT2D eigenvalue weighted by molar-refractivity contribution is -0.112. The Morgan fingerprint density at radius 3 is 2.22 bits per heavy atom. The Balaban J connectivity index is 2.05. The van der Waals surface area contributed by atoms with Gasteiger partial charge >= 0.3 is 0 Å². The van der Waals surface area contributed by atoms with E-state index in [9.17, 15) is 13.2 Å². The molecule has 0 aromatic heterocycles. The van der Waals surface area contributed by atoms with Gasteiger partial charge in [-0.2, -0.15) is 0 Å². The molecular formula is C18H18O4S. The topological polar surface area (TPSA) is 60.4 Å². The molecule has 2 aromatic rings. The van der Waals surface area contributed by atoms with E-state index in [1.807, 2.05) is 6.92 Å². The molecule has 0 aliphatic heterocycles. The molecule has 2 aromatic carbocycles. The smallest absolute Gasteiger partial charge is 0.185 e. The van der Waals surface area contributed by atoms with E-state index < -0.39 is 21.4 Å². The minimum atomic E-state index is -3.61. The predicted octanol–water partition coefficient (Wildman–Crippen LogP) is 3.06. The van der Waals surface area contributed by atoms with Crippen molar-refractivity contribution in [2.75, 3.05) is 12.9 Å². The highest BCUT2D eigenvalue weighted by Crippen LogP contribution is 2.14. The maximum atomic E-state index is 12.2. The fraction of sp³-hybridized carbons (Fsp3) is 0.167. The Hall–Kier alpha value is -2.40. The highest BCUT2D eigenvalue weighted by Gasteiger charge is 2.17. The van der Waals surface area contributed by atoms with Crippen LogP contribution in [0.25, 0.3) is 6.08 Å². The number of hydrogen-bond acceptors (Lipinski definition) is 4. The second-order valence-electron chi connectivity index (χ2n) is 5.14. The Bertz CT molecular complexity index is 801. The van der Waals surface area contributed by atoms with E-state index in [4.69, 9.17) is 4.74 Å². The summed E-state index contributed by atoms with van der Waals surface area (Å²) in [4.78, 5) is 12.1. The van der Waals surface area contributed by atoms with Crippen LogP contribution in [0.4, 0.5) is 0 Å². The molecule has 0 unspecified atom stereocenters. The van der Waals surface area contributed by atoms with Crippen LogP contribution in [0.5, 0.6) is 5.75 Å². The molecule has 0 saturated heterocycles. The van der Waals surface area contributed by atoms with Crippen molar-refractivity contribution in [3.05, 3.63) is 65.7 Å². The lowest BCUT2D eigenvalue weighted by Crippen LogP contribution is -2.14. The first-order chi connectivity index (χ1) is 10.9. The summed E-state index contributed by atoms with van der Waals surface area (Å²) in [5.74, 6) is -0.278. The second-order valence-corrected chi connectivity index (χ2v) is 7.13. The first-order valence-electron chi connectivity index (χ1n) is 7.05. The lowest BCUT2D eigenvalue weighted by atomic mass is 10.2. The Morgan fingerprint density at radius 1 is 1.04 bits per heavy atom. The van der Waals surface area contributed by atoms with E-state index in [0.717, 1.165) is 16.9 Å². The molecule has 0 saturated carbocycles. The quantitative estimate of drug-likeness (QED) is 0.764. The van der Waals surface area contributed by atoms with Gasteiger partial charge in [-0.15, -0.1) is 0 Å². The van der Waals surface area contributed by atoms with Gasteiger partial charge < -0.3 is 4.74 Å². The number of sulfone groups is 1. The molecular weight excluding hydrogens is 312 g/mol. The normalized spacial score (nSPS) is 11.6. The largest absolute Gasteiger partial charge is 0.497 e. The maximum Gasteiger partial charge on any atom is 0.185 e. The lowest BCUT2D eigenvalue weighted by Gasteiger charge is -2.03. The van der Waals surface area contributed by atoms with Gasteiger partial charge in [-0.1, -0.05) is 35.9 Å². The van der Waals surface area contributed by atoms with Gasteiger partial charge in [0.15, 0.2) is 15.6 Å². The molecule has 0 aliphatic carbocycles. The standard InChI is InChI=1S/C18H18O4S/c1-14-3-11-18(12-4-14)23(20,21)13-16(19)8-5-15-6-9-17(22-2)10-7-15/h3-12H,13H2,1-2H3/b8-5+. The average molecular weight is 330 g/mol. The Morgan fingerprint density at radius 2 is 1.65 bits per heavy atom. The monoisotopic (exact) mass is 330 g/mol. The molecule has 0 aliphatic rings. The van der Waals surface area contributed by atoms with Gasteiger partial charge in [-0.25, -0.2) is 8.42 Å². The zero-order valence-electron chi connectivity index (χ0n) is 13.0. The third-order valence-electron chi connectivity index (χ3n) is 3.29. The molecule has 0 bridgehead atoms. The van der Waals surface area contributed by atoms with Gasteiger partial charge in [0, 0.05) is 0 Å². The summed E-state index contributed by atoms with van der Waals surface area (Å²) in [5.41, 5.74) is 1.77. The van der Waals surface area contributed by atoms with Crippen LogP contribution < -0.4 is 4.74 Å². The van der Waals surface area contributed by atoms with Crippen molar-refractivity contribution in [1.82, 2.24) is 0 Å². The molecule has 0 atom stereocenters. The number of ether oxygens (including phenoxy) is 1. The van der Waals surface area contributed by atoms with E-state index in [1.54, 1.807) is 49.6 Å². The number of carbonyl (C=O) groups excluding carboxylic acids is 1. The highest BCUT2D eigenvalue weighted by molar-refractivity contribution is 7.92. The van der Waals surface area contributed by atoms with Crippen LogP contribution in [0.1, 0.15) is 11.1 Å². The number of rotatable bonds is 6.